The Morgan fingerprint density at radius 2 is 2.14 bits per heavy atom. The molecular weight excluding hydrogens is 344 g/mol. The van der Waals surface area contributed by atoms with Gasteiger partial charge in [0.05, 0.1) is 6.54 Å². The van der Waals surface area contributed by atoms with Gasteiger partial charge in [0.1, 0.15) is 0 Å². The molecule has 0 amide bonds. The monoisotopic (exact) mass is 362 g/mol. The van der Waals surface area contributed by atoms with E-state index in [1.54, 1.807) is 11.3 Å². The number of fused-ring (bicyclic) bond motifs is 1. The van der Waals surface area contributed by atoms with Crippen LogP contribution in [0.25, 0.3) is 10.9 Å². The van der Waals surface area contributed by atoms with Crippen molar-refractivity contribution in [3.05, 3.63) is 56.8 Å². The summed E-state index contributed by atoms with van der Waals surface area (Å²) in [5.74, 6) is 0. The number of aromatic nitrogens is 1. The fourth-order valence-corrected chi connectivity index (χ4v) is 4.16. The van der Waals surface area contributed by atoms with Gasteiger partial charge in [0.15, 0.2) is 0 Å². The van der Waals surface area contributed by atoms with Crippen LogP contribution in [0.15, 0.2) is 46.4 Å². The Balaban J connectivity index is 1.90. The minimum Gasteiger partial charge on any atom is -0.342 e. The van der Waals surface area contributed by atoms with E-state index in [0.29, 0.717) is 0 Å². The Labute approximate surface area is 137 Å². The molecule has 4 heteroatoms. The van der Waals surface area contributed by atoms with Crippen LogP contribution in [-0.2, 0) is 13.0 Å². The SMILES string of the molecule is CNCCCc1cn(Cc2cc(Br)cs2)c2ccccc12. The van der Waals surface area contributed by atoms with E-state index in [4.69, 9.17) is 0 Å². The van der Waals surface area contributed by atoms with Crippen LogP contribution in [-0.4, -0.2) is 18.2 Å². The molecule has 0 saturated carbocycles. The van der Waals surface area contributed by atoms with Gasteiger partial charge in [0.2, 0.25) is 0 Å². The lowest BCUT2D eigenvalue weighted by atomic mass is 10.1. The second-order valence-electron chi connectivity index (χ2n) is 5.24. The molecule has 0 fully saturated rings. The molecule has 0 saturated heterocycles. The number of hydrogen-bond donors (Lipinski definition) is 1. The first kappa shape index (κ1) is 14.8. The van der Waals surface area contributed by atoms with Gasteiger partial charge < -0.3 is 9.88 Å². The van der Waals surface area contributed by atoms with Gasteiger partial charge in [0, 0.05) is 31.8 Å². The highest BCUT2D eigenvalue weighted by Crippen LogP contribution is 2.26. The lowest BCUT2D eigenvalue weighted by Gasteiger charge is -2.02. The van der Waals surface area contributed by atoms with Crippen molar-refractivity contribution in [2.24, 2.45) is 0 Å². The summed E-state index contributed by atoms with van der Waals surface area (Å²) >= 11 is 5.34. The topological polar surface area (TPSA) is 17.0 Å². The molecule has 0 atom stereocenters. The molecule has 0 radical (unpaired) electrons. The summed E-state index contributed by atoms with van der Waals surface area (Å²) in [6, 6.07) is 10.9. The van der Waals surface area contributed by atoms with Crippen LogP contribution in [0.4, 0.5) is 0 Å². The molecule has 0 spiro atoms. The van der Waals surface area contributed by atoms with Crippen molar-refractivity contribution in [2.45, 2.75) is 19.4 Å². The third kappa shape index (κ3) is 3.39. The number of para-hydroxylation sites is 1. The Hall–Kier alpha value is -1.10. The molecule has 21 heavy (non-hydrogen) atoms. The van der Waals surface area contributed by atoms with Crippen molar-refractivity contribution >= 4 is 38.2 Å². The molecule has 2 nitrogen and oxygen atoms in total. The normalized spacial score (nSPS) is 11.3. The molecule has 2 aromatic heterocycles. The minimum absolute atomic E-state index is 0.947. The highest BCUT2D eigenvalue weighted by atomic mass is 79.9. The van der Waals surface area contributed by atoms with Gasteiger partial charge in [0.25, 0.3) is 0 Å². The summed E-state index contributed by atoms with van der Waals surface area (Å²) in [7, 11) is 2.01. The molecule has 0 aliphatic carbocycles. The molecule has 3 rings (SSSR count). The third-order valence-corrected chi connectivity index (χ3v) is 5.37. The van der Waals surface area contributed by atoms with Crippen molar-refractivity contribution in [1.29, 1.82) is 0 Å². The van der Waals surface area contributed by atoms with Gasteiger partial charge in [-0.15, -0.1) is 11.3 Å². The maximum Gasteiger partial charge on any atom is 0.0569 e. The van der Waals surface area contributed by atoms with E-state index in [9.17, 15) is 0 Å². The maximum absolute atomic E-state index is 3.54. The predicted molar refractivity (Wildman–Crippen MR) is 95.3 cm³/mol. The second kappa shape index (κ2) is 6.77. The van der Waals surface area contributed by atoms with Crippen molar-refractivity contribution in [3.8, 4) is 0 Å². The van der Waals surface area contributed by atoms with Gasteiger partial charge in [-0.25, -0.2) is 0 Å². The van der Waals surface area contributed by atoms with Crippen LogP contribution in [0.3, 0.4) is 0 Å². The zero-order valence-electron chi connectivity index (χ0n) is 12.1. The summed E-state index contributed by atoms with van der Waals surface area (Å²) in [5, 5.41) is 6.77. The van der Waals surface area contributed by atoms with Crippen molar-refractivity contribution < 1.29 is 0 Å². The molecule has 0 aliphatic heterocycles. The first-order chi connectivity index (χ1) is 10.3. The van der Waals surface area contributed by atoms with Gasteiger partial charge in [-0.2, -0.15) is 0 Å². The quantitative estimate of drug-likeness (QED) is 0.630. The molecule has 0 aliphatic rings. The Morgan fingerprint density at radius 3 is 2.90 bits per heavy atom. The first-order valence-electron chi connectivity index (χ1n) is 7.22. The highest BCUT2D eigenvalue weighted by Gasteiger charge is 2.09. The summed E-state index contributed by atoms with van der Waals surface area (Å²) in [6.07, 6.45) is 4.63. The molecule has 2 heterocycles. The first-order valence-corrected chi connectivity index (χ1v) is 8.89. The van der Waals surface area contributed by atoms with Crippen molar-refractivity contribution in [2.75, 3.05) is 13.6 Å². The Morgan fingerprint density at radius 1 is 1.29 bits per heavy atom. The van der Waals surface area contributed by atoms with Crippen LogP contribution < -0.4 is 5.32 Å². The van der Waals surface area contributed by atoms with E-state index < -0.39 is 0 Å². The molecule has 3 aromatic rings. The van der Waals surface area contributed by atoms with E-state index in [2.05, 4.69) is 67.7 Å². The molecular formula is C17H19BrN2S. The number of nitrogens with one attached hydrogen (secondary N) is 1. The second-order valence-corrected chi connectivity index (χ2v) is 7.15. The van der Waals surface area contributed by atoms with Crippen molar-refractivity contribution in [3.63, 3.8) is 0 Å². The Bertz CT molecular complexity index is 729. The summed E-state index contributed by atoms with van der Waals surface area (Å²) in [5.41, 5.74) is 2.79. The van der Waals surface area contributed by atoms with E-state index in [-0.39, 0.29) is 0 Å². The highest BCUT2D eigenvalue weighted by molar-refractivity contribution is 9.10. The number of halogens is 1. The van der Waals surface area contributed by atoms with Crippen LogP contribution >= 0.6 is 27.3 Å². The lowest BCUT2D eigenvalue weighted by molar-refractivity contribution is 0.723. The van der Waals surface area contributed by atoms with Gasteiger partial charge in [-0.1, -0.05) is 18.2 Å². The maximum atomic E-state index is 3.54. The summed E-state index contributed by atoms with van der Waals surface area (Å²) in [4.78, 5) is 1.38. The van der Waals surface area contributed by atoms with Crippen LogP contribution in [0.1, 0.15) is 16.9 Å². The van der Waals surface area contributed by atoms with Gasteiger partial charge in [-0.05, 0) is 60.1 Å². The fourth-order valence-electron chi connectivity index (χ4n) is 2.71. The number of nitrogens with zero attached hydrogens (tertiary/aromatic N) is 1. The zero-order valence-corrected chi connectivity index (χ0v) is 14.5. The average Bonchev–Trinajstić information content (AvgIpc) is 3.05. The van der Waals surface area contributed by atoms with E-state index in [1.165, 1.54) is 32.2 Å². The number of benzene rings is 1. The summed E-state index contributed by atoms with van der Waals surface area (Å²) < 4.78 is 3.55. The molecule has 1 N–H and O–H groups in total. The largest absolute Gasteiger partial charge is 0.342 e. The van der Waals surface area contributed by atoms with Gasteiger partial charge in [-0.3, -0.25) is 0 Å². The molecule has 0 bridgehead atoms. The Kier molecular flexibility index (Phi) is 4.78. The van der Waals surface area contributed by atoms with Crippen molar-refractivity contribution in [1.82, 2.24) is 9.88 Å². The van der Waals surface area contributed by atoms with Crippen LogP contribution in [0, 0.1) is 0 Å². The van der Waals surface area contributed by atoms with Crippen LogP contribution in [0.2, 0.25) is 0 Å². The van der Waals surface area contributed by atoms with Crippen LogP contribution in [0.5, 0.6) is 0 Å². The molecule has 0 unspecified atom stereocenters. The molecule has 110 valence electrons. The average molecular weight is 363 g/mol. The smallest absolute Gasteiger partial charge is 0.0569 e. The zero-order chi connectivity index (χ0) is 14.7. The third-order valence-electron chi connectivity index (χ3n) is 3.69. The van der Waals surface area contributed by atoms with Gasteiger partial charge >= 0.3 is 0 Å². The van der Waals surface area contributed by atoms with E-state index in [1.807, 2.05) is 7.05 Å². The predicted octanol–water partition coefficient (Wildman–Crippen LogP) is 4.67. The number of hydrogen-bond acceptors (Lipinski definition) is 2. The standard InChI is InChI=1S/C17H19BrN2S/c1-19-8-4-5-13-10-20(11-15-9-14(18)12-21-15)17-7-3-2-6-16(13)17/h2-3,6-7,9-10,12,19H,4-5,8,11H2,1H3. The summed E-state index contributed by atoms with van der Waals surface area (Å²) in [6.45, 7) is 2.01. The fraction of sp³-hybridized carbons (Fsp3) is 0.294. The lowest BCUT2D eigenvalue weighted by Crippen LogP contribution is -2.08. The van der Waals surface area contributed by atoms with E-state index in [0.717, 1.165) is 19.5 Å². The number of aryl methyl sites for hydroxylation is 1. The number of rotatable bonds is 6. The minimum atomic E-state index is 0.947. The number of thiophene rings is 1. The van der Waals surface area contributed by atoms with E-state index >= 15 is 0 Å². The molecule has 1 aromatic carbocycles.